The molecular weight excluding hydrogens is 238 g/mol. The highest BCUT2D eigenvalue weighted by molar-refractivity contribution is 5.72. The molecule has 2 unspecified atom stereocenters. The molecule has 1 aliphatic rings. The molecule has 3 nitrogen and oxygen atoms in total. The van der Waals surface area contributed by atoms with E-state index in [1.807, 2.05) is 6.92 Å². The average Bonchev–Trinajstić information content (AvgIpc) is 2.39. The number of hydrogen-bond acceptors (Lipinski definition) is 3. The van der Waals surface area contributed by atoms with Gasteiger partial charge in [-0.15, -0.1) is 0 Å². The second kappa shape index (κ2) is 6.60. The van der Waals surface area contributed by atoms with Gasteiger partial charge in [-0.05, 0) is 50.8 Å². The van der Waals surface area contributed by atoms with Gasteiger partial charge in [0.1, 0.15) is 0 Å². The van der Waals surface area contributed by atoms with Crippen molar-refractivity contribution in [3.63, 3.8) is 0 Å². The Bertz CT molecular complexity index is 431. The summed E-state index contributed by atoms with van der Waals surface area (Å²) >= 11 is 0. The molecule has 1 fully saturated rings. The minimum absolute atomic E-state index is 0.0294. The van der Waals surface area contributed by atoms with Gasteiger partial charge in [-0.3, -0.25) is 4.79 Å². The maximum atomic E-state index is 11.8. The lowest BCUT2D eigenvalue weighted by Gasteiger charge is -2.29. The van der Waals surface area contributed by atoms with Crippen LogP contribution in [0.4, 0.5) is 5.69 Å². The Kier molecular flexibility index (Phi) is 4.83. The molecule has 3 heteroatoms. The molecule has 0 amide bonds. The predicted octanol–water partition coefficient (Wildman–Crippen LogP) is 3.53. The number of carbonyl (C=O) groups is 1. The summed E-state index contributed by atoms with van der Waals surface area (Å²) < 4.78 is 5.13. The van der Waals surface area contributed by atoms with Crippen LogP contribution < -0.4 is 5.32 Å². The maximum Gasteiger partial charge on any atom is 0.308 e. The van der Waals surface area contributed by atoms with Crippen molar-refractivity contribution >= 4 is 11.7 Å². The Morgan fingerprint density at radius 1 is 1.42 bits per heavy atom. The smallest absolute Gasteiger partial charge is 0.308 e. The number of nitrogens with one attached hydrogen (secondary N) is 1. The van der Waals surface area contributed by atoms with Gasteiger partial charge in [0.25, 0.3) is 0 Å². The molecule has 1 saturated carbocycles. The van der Waals surface area contributed by atoms with Crippen molar-refractivity contribution in [3.8, 4) is 0 Å². The molecule has 2 rings (SSSR count). The summed E-state index contributed by atoms with van der Waals surface area (Å²) in [5.41, 5.74) is 2.40. The molecule has 0 bridgehead atoms. The fourth-order valence-electron chi connectivity index (χ4n) is 2.77. The molecule has 1 aliphatic carbocycles. The van der Waals surface area contributed by atoms with Gasteiger partial charge in [0.05, 0.1) is 12.5 Å². The monoisotopic (exact) mass is 261 g/mol. The average molecular weight is 261 g/mol. The van der Waals surface area contributed by atoms with E-state index >= 15 is 0 Å². The van der Waals surface area contributed by atoms with Crippen LogP contribution in [0.5, 0.6) is 0 Å². The zero-order valence-electron chi connectivity index (χ0n) is 11.8. The minimum Gasteiger partial charge on any atom is -0.466 e. The molecule has 0 aromatic heterocycles. The van der Waals surface area contributed by atoms with E-state index in [4.69, 9.17) is 4.74 Å². The number of anilines is 1. The highest BCUT2D eigenvalue weighted by Gasteiger charge is 2.28. The summed E-state index contributed by atoms with van der Waals surface area (Å²) in [4.78, 5) is 11.8. The molecule has 0 radical (unpaired) electrons. The first-order valence-corrected chi connectivity index (χ1v) is 7.19. The summed E-state index contributed by atoms with van der Waals surface area (Å²) in [6.45, 7) is 4.43. The van der Waals surface area contributed by atoms with Crippen molar-refractivity contribution in [1.29, 1.82) is 0 Å². The lowest BCUT2D eigenvalue weighted by atomic mass is 9.85. The number of carbonyl (C=O) groups excluding carboxylic acids is 1. The molecule has 104 valence electrons. The standard InChI is InChI=1S/C16H23NO2/c1-3-19-16(18)13-7-5-9-15(11-13)17-14-8-4-6-12(2)10-14/h4,6,8,10,13,15,17H,3,5,7,9,11H2,1-2H3. The van der Waals surface area contributed by atoms with E-state index in [1.165, 1.54) is 5.56 Å². The fourth-order valence-corrected chi connectivity index (χ4v) is 2.77. The number of ether oxygens (including phenoxy) is 1. The molecular formula is C16H23NO2. The number of hydrogen-bond donors (Lipinski definition) is 1. The third kappa shape index (κ3) is 3.98. The lowest BCUT2D eigenvalue weighted by molar-refractivity contribution is -0.149. The first kappa shape index (κ1) is 13.9. The van der Waals surface area contributed by atoms with Gasteiger partial charge >= 0.3 is 5.97 Å². The van der Waals surface area contributed by atoms with Crippen LogP contribution in [0.3, 0.4) is 0 Å². The first-order valence-electron chi connectivity index (χ1n) is 7.19. The summed E-state index contributed by atoms with van der Waals surface area (Å²) in [5, 5.41) is 3.54. The van der Waals surface area contributed by atoms with Crippen molar-refractivity contribution in [2.24, 2.45) is 5.92 Å². The van der Waals surface area contributed by atoms with Crippen molar-refractivity contribution in [3.05, 3.63) is 29.8 Å². The largest absolute Gasteiger partial charge is 0.466 e. The third-order valence-corrected chi connectivity index (χ3v) is 3.68. The van der Waals surface area contributed by atoms with E-state index < -0.39 is 0 Å². The second-order valence-corrected chi connectivity index (χ2v) is 5.33. The van der Waals surface area contributed by atoms with E-state index in [-0.39, 0.29) is 11.9 Å². The first-order chi connectivity index (χ1) is 9.19. The molecule has 1 N–H and O–H groups in total. The number of esters is 1. The summed E-state index contributed by atoms with van der Waals surface area (Å²) in [5.74, 6) is 0.0363. The van der Waals surface area contributed by atoms with Crippen LogP contribution in [0, 0.1) is 12.8 Å². The minimum atomic E-state index is -0.0294. The van der Waals surface area contributed by atoms with Crippen LogP contribution in [-0.2, 0) is 9.53 Å². The van der Waals surface area contributed by atoms with Crippen LogP contribution in [-0.4, -0.2) is 18.6 Å². The predicted molar refractivity (Wildman–Crippen MR) is 77.2 cm³/mol. The molecule has 19 heavy (non-hydrogen) atoms. The van der Waals surface area contributed by atoms with Crippen LogP contribution >= 0.6 is 0 Å². The van der Waals surface area contributed by atoms with Gasteiger partial charge in [-0.2, -0.15) is 0 Å². The molecule has 2 atom stereocenters. The van der Waals surface area contributed by atoms with Gasteiger partial charge in [0, 0.05) is 11.7 Å². The van der Waals surface area contributed by atoms with Crippen LogP contribution in [0.25, 0.3) is 0 Å². The van der Waals surface area contributed by atoms with Crippen molar-refractivity contribution in [2.75, 3.05) is 11.9 Å². The molecule has 1 aromatic carbocycles. The normalized spacial score (nSPS) is 22.8. The van der Waals surface area contributed by atoms with E-state index in [0.717, 1.165) is 31.4 Å². The van der Waals surface area contributed by atoms with Crippen LogP contribution in [0.15, 0.2) is 24.3 Å². The van der Waals surface area contributed by atoms with E-state index in [9.17, 15) is 4.79 Å². The van der Waals surface area contributed by atoms with Crippen molar-refractivity contribution in [1.82, 2.24) is 0 Å². The summed E-state index contributed by atoms with van der Waals surface area (Å²) in [6.07, 6.45) is 4.06. The van der Waals surface area contributed by atoms with Gasteiger partial charge in [0.15, 0.2) is 0 Å². The van der Waals surface area contributed by atoms with Gasteiger partial charge < -0.3 is 10.1 Å². The van der Waals surface area contributed by atoms with Gasteiger partial charge in [-0.25, -0.2) is 0 Å². The Hall–Kier alpha value is -1.51. The Morgan fingerprint density at radius 2 is 2.26 bits per heavy atom. The molecule has 0 saturated heterocycles. The Labute approximate surface area is 115 Å². The molecule has 0 spiro atoms. The zero-order valence-corrected chi connectivity index (χ0v) is 11.8. The number of rotatable bonds is 4. The maximum absolute atomic E-state index is 11.8. The van der Waals surface area contributed by atoms with Crippen molar-refractivity contribution < 1.29 is 9.53 Å². The van der Waals surface area contributed by atoms with E-state index in [2.05, 4.69) is 36.5 Å². The number of aryl methyl sites for hydroxylation is 1. The van der Waals surface area contributed by atoms with Gasteiger partial charge in [0.2, 0.25) is 0 Å². The van der Waals surface area contributed by atoms with Gasteiger partial charge in [-0.1, -0.05) is 18.6 Å². The van der Waals surface area contributed by atoms with E-state index in [1.54, 1.807) is 0 Å². The topological polar surface area (TPSA) is 38.3 Å². The number of benzene rings is 1. The summed E-state index contributed by atoms with van der Waals surface area (Å²) in [7, 11) is 0. The molecule has 1 aromatic rings. The highest BCUT2D eigenvalue weighted by atomic mass is 16.5. The van der Waals surface area contributed by atoms with Crippen LogP contribution in [0.2, 0.25) is 0 Å². The quantitative estimate of drug-likeness (QED) is 0.843. The molecule has 0 heterocycles. The second-order valence-electron chi connectivity index (χ2n) is 5.33. The Balaban J connectivity index is 1.92. The summed E-state index contributed by atoms with van der Waals surface area (Å²) in [6, 6.07) is 8.76. The fraction of sp³-hybridized carbons (Fsp3) is 0.562. The highest BCUT2D eigenvalue weighted by Crippen LogP contribution is 2.27. The Morgan fingerprint density at radius 3 is 3.00 bits per heavy atom. The molecule has 0 aliphatic heterocycles. The lowest BCUT2D eigenvalue weighted by Crippen LogP contribution is -2.32. The van der Waals surface area contributed by atoms with E-state index in [0.29, 0.717) is 12.6 Å². The van der Waals surface area contributed by atoms with Crippen molar-refractivity contribution in [2.45, 2.75) is 45.6 Å². The zero-order chi connectivity index (χ0) is 13.7. The SMILES string of the molecule is CCOC(=O)C1CCCC(Nc2cccc(C)c2)C1. The van der Waals surface area contributed by atoms with Crippen LogP contribution in [0.1, 0.15) is 38.2 Å². The third-order valence-electron chi connectivity index (χ3n) is 3.68.